The maximum Gasteiger partial charge on any atom is 0.335 e. The monoisotopic (exact) mass is 315 g/mol. The molecule has 0 unspecified atom stereocenters. The van der Waals surface area contributed by atoms with Gasteiger partial charge in [0.05, 0.1) is 5.56 Å². The van der Waals surface area contributed by atoms with E-state index in [4.69, 9.17) is 5.11 Å². The Kier molecular flexibility index (Phi) is 5.22. The Hall–Kier alpha value is -2.27. The third-order valence-corrected chi connectivity index (χ3v) is 3.88. The van der Waals surface area contributed by atoms with Crippen LogP contribution < -0.4 is 5.32 Å². The predicted molar refractivity (Wildman–Crippen MR) is 89.8 cm³/mol. The molecule has 0 bridgehead atoms. The highest BCUT2D eigenvalue weighted by molar-refractivity contribution is 7.97. The average molecular weight is 315 g/mol. The lowest BCUT2D eigenvalue weighted by atomic mass is 10.1. The van der Waals surface area contributed by atoms with Gasteiger partial charge in [0, 0.05) is 17.0 Å². The lowest BCUT2D eigenvalue weighted by Crippen LogP contribution is -2.13. The van der Waals surface area contributed by atoms with Gasteiger partial charge in [-0.1, -0.05) is 18.2 Å². The summed E-state index contributed by atoms with van der Waals surface area (Å²) < 4.78 is 0. The highest BCUT2D eigenvalue weighted by Gasteiger charge is 2.10. The van der Waals surface area contributed by atoms with Crippen molar-refractivity contribution in [2.24, 2.45) is 0 Å². The van der Waals surface area contributed by atoms with E-state index in [1.54, 1.807) is 30.0 Å². The highest BCUT2D eigenvalue weighted by Crippen LogP contribution is 2.18. The number of amides is 1. The summed E-state index contributed by atoms with van der Waals surface area (Å²) in [5, 5.41) is 11.8. The third kappa shape index (κ3) is 3.89. The molecule has 0 aliphatic carbocycles. The predicted octanol–water partition coefficient (Wildman–Crippen LogP) is 3.81. The van der Waals surface area contributed by atoms with Crippen LogP contribution in [-0.2, 0) is 5.75 Å². The van der Waals surface area contributed by atoms with Gasteiger partial charge >= 0.3 is 5.97 Å². The Balaban J connectivity index is 2.17. The first-order valence-electron chi connectivity index (χ1n) is 6.74. The SMILES string of the molecule is CSCc1ccc(C(=O)Nc2cc(C(=O)O)ccc2C)cc1. The van der Waals surface area contributed by atoms with Gasteiger partial charge in [0.15, 0.2) is 0 Å². The second-order valence-corrected chi connectivity index (χ2v) is 5.78. The standard InChI is InChI=1S/C17H17NO3S/c1-11-3-6-14(17(20)21)9-15(11)18-16(19)13-7-4-12(5-8-13)10-22-2/h3-9H,10H2,1-2H3,(H,18,19)(H,20,21). The number of aromatic carboxylic acids is 1. The minimum atomic E-state index is -1.02. The molecule has 0 aromatic heterocycles. The molecule has 2 N–H and O–H groups in total. The first-order valence-corrected chi connectivity index (χ1v) is 8.14. The molecule has 22 heavy (non-hydrogen) atoms. The van der Waals surface area contributed by atoms with Gasteiger partial charge in [0.1, 0.15) is 0 Å². The number of carboxylic acid groups (broad SMARTS) is 1. The Morgan fingerprint density at radius 2 is 1.73 bits per heavy atom. The second-order valence-electron chi connectivity index (χ2n) is 4.92. The average Bonchev–Trinajstić information content (AvgIpc) is 2.50. The fraction of sp³-hybridized carbons (Fsp3) is 0.176. The molecule has 5 heteroatoms. The van der Waals surface area contributed by atoms with Crippen molar-refractivity contribution >= 4 is 29.3 Å². The van der Waals surface area contributed by atoms with E-state index in [1.807, 2.05) is 25.3 Å². The van der Waals surface area contributed by atoms with Crippen molar-refractivity contribution in [3.63, 3.8) is 0 Å². The van der Waals surface area contributed by atoms with Gasteiger partial charge in [0.25, 0.3) is 5.91 Å². The Morgan fingerprint density at radius 1 is 1.09 bits per heavy atom. The molecule has 2 aromatic rings. The zero-order chi connectivity index (χ0) is 16.1. The summed E-state index contributed by atoms with van der Waals surface area (Å²) in [5.74, 6) is -0.361. The maximum atomic E-state index is 12.3. The zero-order valence-electron chi connectivity index (χ0n) is 12.4. The fourth-order valence-electron chi connectivity index (χ4n) is 2.00. The molecule has 2 aromatic carbocycles. The van der Waals surface area contributed by atoms with Gasteiger partial charge in [-0.15, -0.1) is 0 Å². The molecule has 0 aliphatic heterocycles. The summed E-state index contributed by atoms with van der Waals surface area (Å²) in [7, 11) is 0. The summed E-state index contributed by atoms with van der Waals surface area (Å²) >= 11 is 1.72. The van der Waals surface area contributed by atoms with E-state index in [0.717, 1.165) is 16.9 Å². The van der Waals surface area contributed by atoms with E-state index in [0.29, 0.717) is 11.3 Å². The number of carbonyl (C=O) groups excluding carboxylic acids is 1. The van der Waals surface area contributed by atoms with Gasteiger partial charge in [0.2, 0.25) is 0 Å². The van der Waals surface area contributed by atoms with Crippen LogP contribution in [0.15, 0.2) is 42.5 Å². The highest BCUT2D eigenvalue weighted by atomic mass is 32.2. The molecule has 0 saturated heterocycles. The maximum absolute atomic E-state index is 12.3. The van der Waals surface area contributed by atoms with Crippen LogP contribution in [0.3, 0.4) is 0 Å². The summed E-state index contributed by atoms with van der Waals surface area (Å²) in [5.41, 5.74) is 3.18. The number of rotatable bonds is 5. The molecular weight excluding hydrogens is 298 g/mol. The van der Waals surface area contributed by atoms with Crippen molar-refractivity contribution in [1.82, 2.24) is 0 Å². The molecule has 2 rings (SSSR count). The first kappa shape index (κ1) is 16.1. The topological polar surface area (TPSA) is 66.4 Å². The molecule has 114 valence electrons. The van der Waals surface area contributed by atoms with E-state index >= 15 is 0 Å². The van der Waals surface area contributed by atoms with Gasteiger partial charge in [-0.2, -0.15) is 11.8 Å². The smallest absolute Gasteiger partial charge is 0.335 e. The molecule has 4 nitrogen and oxygen atoms in total. The van der Waals surface area contributed by atoms with Gasteiger partial charge < -0.3 is 10.4 Å². The zero-order valence-corrected chi connectivity index (χ0v) is 13.2. The third-order valence-electron chi connectivity index (χ3n) is 3.26. The number of thioether (sulfide) groups is 1. The minimum Gasteiger partial charge on any atom is -0.478 e. The van der Waals surface area contributed by atoms with Crippen LogP contribution in [0.4, 0.5) is 5.69 Å². The molecule has 0 fully saturated rings. The van der Waals surface area contributed by atoms with Gasteiger partial charge in [-0.05, 0) is 48.6 Å². The number of anilines is 1. The normalized spacial score (nSPS) is 10.3. The fourth-order valence-corrected chi connectivity index (χ4v) is 2.53. The first-order chi connectivity index (χ1) is 10.5. The largest absolute Gasteiger partial charge is 0.478 e. The second kappa shape index (κ2) is 7.13. The lowest BCUT2D eigenvalue weighted by molar-refractivity contribution is 0.0696. The van der Waals surface area contributed by atoms with E-state index in [-0.39, 0.29) is 11.5 Å². The molecule has 0 spiro atoms. The van der Waals surface area contributed by atoms with Crippen LogP contribution in [-0.4, -0.2) is 23.2 Å². The molecule has 1 amide bonds. The van der Waals surface area contributed by atoms with Crippen LogP contribution in [0.1, 0.15) is 31.8 Å². The van der Waals surface area contributed by atoms with Crippen LogP contribution in [0.5, 0.6) is 0 Å². The molecule has 0 heterocycles. The number of nitrogens with one attached hydrogen (secondary N) is 1. The van der Waals surface area contributed by atoms with Crippen LogP contribution in [0.2, 0.25) is 0 Å². The molecule has 0 radical (unpaired) electrons. The van der Waals surface area contributed by atoms with E-state index < -0.39 is 5.97 Å². The van der Waals surface area contributed by atoms with Crippen molar-refractivity contribution < 1.29 is 14.7 Å². The number of hydrogen-bond acceptors (Lipinski definition) is 3. The minimum absolute atomic E-state index is 0.149. The lowest BCUT2D eigenvalue weighted by Gasteiger charge is -2.10. The van der Waals surface area contributed by atoms with E-state index in [1.165, 1.54) is 12.1 Å². The van der Waals surface area contributed by atoms with Crippen molar-refractivity contribution in [2.45, 2.75) is 12.7 Å². The number of carbonyl (C=O) groups is 2. The summed E-state index contributed by atoms with van der Waals surface area (Å²) in [6, 6.07) is 12.1. The number of hydrogen-bond donors (Lipinski definition) is 2. The Morgan fingerprint density at radius 3 is 2.32 bits per heavy atom. The van der Waals surface area contributed by atoms with Crippen molar-refractivity contribution in [3.8, 4) is 0 Å². The summed E-state index contributed by atoms with van der Waals surface area (Å²) in [6.45, 7) is 1.82. The molecule has 0 saturated carbocycles. The van der Waals surface area contributed by atoms with Crippen LogP contribution in [0.25, 0.3) is 0 Å². The molecule has 0 aliphatic rings. The number of carboxylic acids is 1. The Labute approximate surface area is 133 Å². The van der Waals surface area contributed by atoms with Gasteiger partial charge in [-0.25, -0.2) is 4.79 Å². The number of aryl methyl sites for hydroxylation is 1. The van der Waals surface area contributed by atoms with Crippen molar-refractivity contribution in [1.29, 1.82) is 0 Å². The summed E-state index contributed by atoms with van der Waals surface area (Å²) in [6.07, 6.45) is 2.03. The number of benzene rings is 2. The van der Waals surface area contributed by atoms with E-state index in [2.05, 4.69) is 5.32 Å². The molecule has 0 atom stereocenters. The Bertz CT molecular complexity index is 696. The summed E-state index contributed by atoms with van der Waals surface area (Å²) in [4.78, 5) is 23.3. The molecular formula is C17H17NO3S. The quantitative estimate of drug-likeness (QED) is 0.880. The van der Waals surface area contributed by atoms with Crippen molar-refractivity contribution in [2.75, 3.05) is 11.6 Å². The van der Waals surface area contributed by atoms with Crippen molar-refractivity contribution in [3.05, 3.63) is 64.7 Å². The van der Waals surface area contributed by atoms with Gasteiger partial charge in [-0.3, -0.25) is 4.79 Å². The van der Waals surface area contributed by atoms with E-state index in [9.17, 15) is 9.59 Å². The van der Waals surface area contributed by atoms with Crippen LogP contribution >= 0.6 is 11.8 Å². The van der Waals surface area contributed by atoms with Crippen LogP contribution in [0, 0.1) is 6.92 Å².